The molecule has 0 radical (unpaired) electrons. The van der Waals surface area contributed by atoms with E-state index in [4.69, 9.17) is 14.9 Å². The molecule has 144 valence electrons. The van der Waals surface area contributed by atoms with Crippen LogP contribution in [-0.4, -0.2) is 22.2 Å². The number of carboxylic acids is 2. The molecule has 0 heterocycles. The Labute approximate surface area is 146 Å². The van der Waals surface area contributed by atoms with Crippen LogP contribution in [0.2, 0.25) is 0 Å². The van der Waals surface area contributed by atoms with Crippen LogP contribution in [0, 0.1) is 0 Å². The number of hydrogen-bond acceptors (Lipinski definition) is 3. The zero-order chi connectivity index (χ0) is 20.6. The zero-order valence-corrected chi connectivity index (χ0v) is 12.9. The molecular weight excluding hydrogens is 386 g/mol. The van der Waals surface area contributed by atoms with Crippen molar-refractivity contribution >= 4 is 11.9 Å². The highest BCUT2D eigenvalue weighted by atomic mass is 19.4. The third kappa shape index (κ3) is 4.13. The second-order valence-electron chi connectivity index (χ2n) is 5.07. The molecule has 0 unspecified atom stereocenters. The number of hydrogen-bond donors (Lipinski definition) is 2. The van der Waals surface area contributed by atoms with E-state index in [1.54, 1.807) is 0 Å². The molecule has 0 aliphatic rings. The Balaban J connectivity index is 2.95. The number of halogens is 6. The molecule has 2 aromatic rings. The summed E-state index contributed by atoms with van der Waals surface area (Å²) in [5, 5.41) is 18.2. The molecule has 27 heavy (non-hydrogen) atoms. The Hall–Kier alpha value is -3.24. The number of carboxylic acid groups (broad SMARTS) is 2. The molecule has 0 saturated heterocycles. The summed E-state index contributed by atoms with van der Waals surface area (Å²) in [6.45, 7) is 0. The molecule has 0 aromatic heterocycles. The van der Waals surface area contributed by atoms with E-state index < -0.39 is 52.3 Å². The average Bonchev–Trinajstić information content (AvgIpc) is 2.52. The van der Waals surface area contributed by atoms with Crippen molar-refractivity contribution in [2.75, 3.05) is 0 Å². The van der Waals surface area contributed by atoms with Gasteiger partial charge in [0.2, 0.25) is 0 Å². The molecule has 2 N–H and O–H groups in total. The van der Waals surface area contributed by atoms with Crippen LogP contribution in [-0.2, 0) is 12.4 Å². The van der Waals surface area contributed by atoms with Crippen molar-refractivity contribution in [3.63, 3.8) is 0 Å². The lowest BCUT2D eigenvalue weighted by Crippen LogP contribution is -2.24. The lowest BCUT2D eigenvalue weighted by atomic mass is 9.93. The molecule has 0 amide bonds. The monoisotopic (exact) mass is 394 g/mol. The van der Waals surface area contributed by atoms with Crippen LogP contribution in [0.25, 0.3) is 0 Å². The molecule has 0 aliphatic carbocycles. The number of aromatic carboxylic acids is 2. The van der Waals surface area contributed by atoms with Crippen molar-refractivity contribution in [2.24, 2.45) is 0 Å². The van der Waals surface area contributed by atoms with Gasteiger partial charge >= 0.3 is 24.3 Å². The first kappa shape index (κ1) is 20.1. The van der Waals surface area contributed by atoms with Crippen LogP contribution in [0.15, 0.2) is 36.4 Å². The van der Waals surface area contributed by atoms with Crippen LogP contribution < -0.4 is 4.74 Å². The normalized spacial score (nSPS) is 11.9. The maximum absolute atomic E-state index is 13.2. The number of rotatable bonds is 4. The molecule has 5 nitrogen and oxygen atoms in total. The largest absolute Gasteiger partial charge is 0.478 e. The molecule has 11 heteroatoms. The first-order chi connectivity index (χ1) is 12.3. The number of carbonyl (C=O) groups is 2. The van der Waals surface area contributed by atoms with Crippen LogP contribution in [0.3, 0.4) is 0 Å². The van der Waals surface area contributed by atoms with Crippen molar-refractivity contribution in [1.29, 1.82) is 0 Å². The van der Waals surface area contributed by atoms with Gasteiger partial charge in [0.1, 0.15) is 17.1 Å². The number of ether oxygens (including phenoxy) is 1. The van der Waals surface area contributed by atoms with E-state index in [-0.39, 0.29) is 11.8 Å². The Kier molecular flexibility index (Phi) is 5.07. The maximum atomic E-state index is 13.2. The van der Waals surface area contributed by atoms with Gasteiger partial charge < -0.3 is 14.9 Å². The van der Waals surface area contributed by atoms with Crippen molar-refractivity contribution in [1.82, 2.24) is 0 Å². The van der Waals surface area contributed by atoms with E-state index >= 15 is 0 Å². The van der Waals surface area contributed by atoms with Gasteiger partial charge in [-0.3, -0.25) is 0 Å². The predicted molar refractivity (Wildman–Crippen MR) is 76.9 cm³/mol. The van der Waals surface area contributed by atoms with Crippen molar-refractivity contribution in [3.05, 3.63) is 58.7 Å². The fraction of sp³-hybridized carbons (Fsp3) is 0.125. The quantitative estimate of drug-likeness (QED) is 0.720. The molecule has 0 spiro atoms. The molecule has 2 aromatic carbocycles. The van der Waals surface area contributed by atoms with Gasteiger partial charge in [-0.2, -0.15) is 26.3 Å². The second-order valence-corrected chi connectivity index (χ2v) is 5.07. The topological polar surface area (TPSA) is 83.8 Å². The highest BCUT2D eigenvalue weighted by Crippen LogP contribution is 2.46. The minimum absolute atomic E-state index is 0.175. The van der Waals surface area contributed by atoms with E-state index in [1.807, 2.05) is 0 Å². The number of alkyl halides is 6. The highest BCUT2D eigenvalue weighted by molar-refractivity contribution is 6.05. The molecule has 0 saturated carbocycles. The van der Waals surface area contributed by atoms with Crippen LogP contribution in [0.1, 0.15) is 31.8 Å². The van der Waals surface area contributed by atoms with E-state index in [1.165, 1.54) is 30.3 Å². The minimum atomic E-state index is -5.78. The van der Waals surface area contributed by atoms with E-state index in [2.05, 4.69) is 0 Å². The second kappa shape index (κ2) is 6.82. The summed E-state index contributed by atoms with van der Waals surface area (Å²) in [5.74, 6) is -6.09. The highest BCUT2D eigenvalue weighted by Gasteiger charge is 2.49. The van der Waals surface area contributed by atoms with Crippen LogP contribution in [0.4, 0.5) is 26.3 Å². The Morgan fingerprint density at radius 1 is 0.815 bits per heavy atom. The maximum Gasteiger partial charge on any atom is 0.417 e. The Morgan fingerprint density at radius 3 is 1.74 bits per heavy atom. The number of benzene rings is 2. The molecule has 0 aliphatic heterocycles. The van der Waals surface area contributed by atoms with Gasteiger partial charge in [-0.15, -0.1) is 0 Å². The first-order valence-electron chi connectivity index (χ1n) is 6.89. The predicted octanol–water partition coefficient (Wildman–Crippen LogP) is 4.91. The zero-order valence-electron chi connectivity index (χ0n) is 12.9. The summed E-state index contributed by atoms with van der Waals surface area (Å²) in [6, 6.07) is 6.42. The van der Waals surface area contributed by atoms with E-state index in [9.17, 15) is 35.9 Å². The smallest absolute Gasteiger partial charge is 0.417 e. The molecule has 0 bridgehead atoms. The Morgan fingerprint density at radius 2 is 1.33 bits per heavy atom. The third-order valence-electron chi connectivity index (χ3n) is 3.28. The summed E-state index contributed by atoms with van der Waals surface area (Å²) in [6.07, 6.45) is -11.4. The summed E-state index contributed by atoms with van der Waals surface area (Å²) < 4.78 is 84.1. The van der Waals surface area contributed by atoms with Crippen LogP contribution >= 0.6 is 0 Å². The van der Waals surface area contributed by atoms with E-state index in [0.29, 0.717) is 0 Å². The van der Waals surface area contributed by atoms with Gasteiger partial charge in [-0.25, -0.2) is 9.59 Å². The van der Waals surface area contributed by atoms with Gasteiger partial charge in [-0.05, 0) is 18.2 Å². The van der Waals surface area contributed by atoms with Gasteiger partial charge in [0.15, 0.2) is 0 Å². The molecule has 0 atom stereocenters. The van der Waals surface area contributed by atoms with Gasteiger partial charge in [0.05, 0.1) is 16.7 Å². The van der Waals surface area contributed by atoms with E-state index in [0.717, 1.165) is 0 Å². The van der Waals surface area contributed by atoms with Gasteiger partial charge in [0.25, 0.3) is 0 Å². The first-order valence-corrected chi connectivity index (χ1v) is 6.89. The molecule has 0 fully saturated rings. The minimum Gasteiger partial charge on any atom is -0.478 e. The molecular formula is C16H8F6O5. The summed E-state index contributed by atoms with van der Waals surface area (Å²) in [5.41, 5.74) is -8.59. The third-order valence-corrected chi connectivity index (χ3v) is 3.28. The Bertz CT molecular complexity index is 887. The van der Waals surface area contributed by atoms with Gasteiger partial charge in [0, 0.05) is 0 Å². The summed E-state index contributed by atoms with van der Waals surface area (Å²) in [4.78, 5) is 22.7. The van der Waals surface area contributed by atoms with Crippen LogP contribution in [0.5, 0.6) is 11.5 Å². The fourth-order valence-corrected chi connectivity index (χ4v) is 2.30. The molecule has 2 rings (SSSR count). The fourth-order valence-electron chi connectivity index (χ4n) is 2.30. The average molecular weight is 394 g/mol. The van der Waals surface area contributed by atoms with Crippen molar-refractivity contribution in [2.45, 2.75) is 12.4 Å². The summed E-state index contributed by atoms with van der Waals surface area (Å²) >= 11 is 0. The number of para-hydroxylation sites is 1. The lowest BCUT2D eigenvalue weighted by molar-refractivity contribution is -0.162. The summed E-state index contributed by atoms with van der Waals surface area (Å²) in [7, 11) is 0. The lowest BCUT2D eigenvalue weighted by Gasteiger charge is -2.21. The SMILES string of the molecule is O=C(O)c1c(Oc2ccccc2)cc(C(F)(F)F)c(C(F)(F)F)c1C(=O)O. The van der Waals surface area contributed by atoms with Crippen molar-refractivity contribution < 1.29 is 50.9 Å². The van der Waals surface area contributed by atoms with Gasteiger partial charge in [-0.1, -0.05) is 18.2 Å². The standard InChI is InChI=1S/C16H8F6O5/c17-15(18,19)8-6-9(27-7-4-2-1-3-5-7)10(13(23)24)11(14(25)26)12(8)16(20,21)22/h1-6H,(H,23,24)(H,25,26). The van der Waals surface area contributed by atoms with Crippen molar-refractivity contribution in [3.8, 4) is 11.5 Å².